The minimum Gasteiger partial charge on any atom is -0.455 e. The molecule has 2 saturated carbocycles. The van der Waals surface area contributed by atoms with Crippen molar-refractivity contribution < 1.29 is 4.42 Å². The molecule has 0 spiro atoms. The lowest BCUT2D eigenvalue weighted by molar-refractivity contribution is 0.447. The second-order valence-electron chi connectivity index (χ2n) is 15.9. The molecule has 53 heavy (non-hydrogen) atoms. The average Bonchev–Trinajstić information content (AvgIpc) is 3.61. The Bertz CT molecular complexity index is 2740. The van der Waals surface area contributed by atoms with Gasteiger partial charge in [0.15, 0.2) is 0 Å². The molecule has 0 unspecified atom stereocenters. The second kappa shape index (κ2) is 12.6. The van der Waals surface area contributed by atoms with Crippen molar-refractivity contribution in [1.29, 1.82) is 0 Å². The third-order valence-corrected chi connectivity index (χ3v) is 13.0. The molecule has 0 amide bonds. The zero-order chi connectivity index (χ0) is 34.9. The lowest BCUT2D eigenvalue weighted by atomic mass is 9.78. The van der Waals surface area contributed by atoms with Crippen LogP contribution in [0, 0.1) is 0 Å². The first-order valence-corrected chi connectivity index (χ1v) is 20.2. The number of benzene rings is 8. The van der Waals surface area contributed by atoms with E-state index >= 15 is 0 Å². The van der Waals surface area contributed by atoms with Crippen molar-refractivity contribution in [3.8, 4) is 22.3 Å². The van der Waals surface area contributed by atoms with Crippen molar-refractivity contribution >= 4 is 65.0 Å². The van der Waals surface area contributed by atoms with E-state index in [4.69, 9.17) is 4.42 Å². The highest BCUT2D eigenvalue weighted by Crippen LogP contribution is 2.49. The monoisotopic (exact) mass is 684 g/mol. The number of fused-ring (bicyclic) bond motifs is 7. The van der Waals surface area contributed by atoms with Crippen LogP contribution in [0.3, 0.4) is 0 Å². The zero-order valence-electron chi connectivity index (χ0n) is 30.3. The summed E-state index contributed by atoms with van der Waals surface area (Å²) < 4.78 is 6.95. The van der Waals surface area contributed by atoms with Gasteiger partial charge in [0.25, 0.3) is 0 Å². The van der Waals surface area contributed by atoms with Crippen molar-refractivity contribution in [1.82, 2.24) is 0 Å². The largest absolute Gasteiger partial charge is 0.455 e. The Labute approximate surface area is 311 Å². The van der Waals surface area contributed by atoms with E-state index in [2.05, 4.69) is 133 Å². The maximum atomic E-state index is 6.95. The van der Waals surface area contributed by atoms with E-state index in [0.29, 0.717) is 11.8 Å². The maximum absolute atomic E-state index is 6.95. The molecule has 0 N–H and O–H groups in total. The Morgan fingerprint density at radius 2 is 0.792 bits per heavy atom. The number of furan rings is 1. The smallest absolute Gasteiger partial charge is 0.143 e. The first-order chi connectivity index (χ1) is 26.3. The van der Waals surface area contributed by atoms with Crippen LogP contribution in [0.25, 0.3) is 87.3 Å². The molecule has 2 aliphatic carbocycles. The van der Waals surface area contributed by atoms with E-state index in [0.717, 1.165) is 11.2 Å². The fraction of sp³-hybridized carbons (Fsp3) is 0.231. The van der Waals surface area contributed by atoms with Crippen LogP contribution in [0.1, 0.15) is 87.2 Å². The molecular formula is C52H44O. The van der Waals surface area contributed by atoms with E-state index in [1.54, 1.807) is 11.1 Å². The molecule has 258 valence electrons. The predicted octanol–water partition coefficient (Wildman–Crippen LogP) is 15.6. The summed E-state index contributed by atoms with van der Waals surface area (Å²) in [4.78, 5) is 0. The van der Waals surface area contributed by atoms with Gasteiger partial charge in [-0.25, -0.2) is 0 Å². The van der Waals surface area contributed by atoms with Crippen LogP contribution in [0.4, 0.5) is 0 Å². The Kier molecular flexibility index (Phi) is 7.42. The SMILES string of the molecule is c1ccc2c(C3CCCCC3)c3ccccc3c(-c3ccc4oc5c(-c6c7ccccc7c(C7CCCCC7)c7ccccc67)cccc5c4c3)c2c1. The number of hydrogen-bond acceptors (Lipinski definition) is 1. The average molecular weight is 685 g/mol. The van der Waals surface area contributed by atoms with Crippen LogP contribution in [0.15, 0.2) is 138 Å². The van der Waals surface area contributed by atoms with Gasteiger partial charge in [0.2, 0.25) is 0 Å². The first kappa shape index (κ1) is 31.2. The van der Waals surface area contributed by atoms with Gasteiger partial charge in [0.1, 0.15) is 11.2 Å². The topological polar surface area (TPSA) is 13.1 Å². The Balaban J connectivity index is 1.15. The van der Waals surface area contributed by atoms with Crippen LogP contribution >= 0.6 is 0 Å². The summed E-state index contributed by atoms with van der Waals surface area (Å²) >= 11 is 0. The zero-order valence-corrected chi connectivity index (χ0v) is 30.3. The van der Waals surface area contributed by atoms with Gasteiger partial charge in [-0.15, -0.1) is 0 Å². The molecule has 8 aromatic carbocycles. The van der Waals surface area contributed by atoms with Gasteiger partial charge < -0.3 is 4.42 Å². The van der Waals surface area contributed by atoms with Crippen molar-refractivity contribution in [2.45, 2.75) is 76.0 Å². The molecule has 1 heterocycles. The van der Waals surface area contributed by atoms with Gasteiger partial charge in [-0.2, -0.15) is 0 Å². The van der Waals surface area contributed by atoms with Gasteiger partial charge in [0, 0.05) is 21.9 Å². The third-order valence-electron chi connectivity index (χ3n) is 13.0. The molecule has 0 atom stereocenters. The molecule has 2 fully saturated rings. The minimum absolute atomic E-state index is 0.608. The Morgan fingerprint density at radius 3 is 1.28 bits per heavy atom. The molecule has 0 radical (unpaired) electrons. The predicted molar refractivity (Wildman–Crippen MR) is 226 cm³/mol. The van der Waals surface area contributed by atoms with E-state index in [9.17, 15) is 0 Å². The fourth-order valence-corrected chi connectivity index (χ4v) is 10.7. The maximum Gasteiger partial charge on any atom is 0.143 e. The van der Waals surface area contributed by atoms with Gasteiger partial charge in [0.05, 0.1) is 0 Å². The van der Waals surface area contributed by atoms with Crippen LogP contribution in [-0.2, 0) is 0 Å². The quantitative estimate of drug-likeness (QED) is 0.168. The molecule has 0 bridgehead atoms. The Morgan fingerprint density at radius 1 is 0.358 bits per heavy atom. The first-order valence-electron chi connectivity index (χ1n) is 20.2. The molecule has 0 aliphatic heterocycles. The van der Waals surface area contributed by atoms with Gasteiger partial charge in [-0.1, -0.05) is 160 Å². The molecule has 9 aromatic rings. The summed E-state index contributed by atoms with van der Waals surface area (Å²) in [5, 5.41) is 13.4. The van der Waals surface area contributed by atoms with Crippen molar-refractivity contribution in [2.75, 3.05) is 0 Å². The van der Waals surface area contributed by atoms with E-state index in [1.807, 2.05) is 0 Å². The molecule has 1 nitrogen and oxygen atoms in total. The number of rotatable bonds is 4. The van der Waals surface area contributed by atoms with Gasteiger partial charge in [-0.3, -0.25) is 0 Å². The van der Waals surface area contributed by atoms with Crippen LogP contribution < -0.4 is 0 Å². The van der Waals surface area contributed by atoms with Gasteiger partial charge in [-0.05, 0) is 115 Å². The van der Waals surface area contributed by atoms with E-state index in [1.165, 1.54) is 140 Å². The molecule has 2 aliphatic rings. The van der Waals surface area contributed by atoms with E-state index in [-0.39, 0.29) is 0 Å². The highest BCUT2D eigenvalue weighted by atomic mass is 16.3. The van der Waals surface area contributed by atoms with Crippen molar-refractivity contribution in [3.05, 3.63) is 145 Å². The molecular weight excluding hydrogens is 641 g/mol. The number of hydrogen-bond donors (Lipinski definition) is 0. The van der Waals surface area contributed by atoms with Crippen LogP contribution in [-0.4, -0.2) is 0 Å². The lowest BCUT2D eigenvalue weighted by Crippen LogP contribution is -2.06. The van der Waals surface area contributed by atoms with Gasteiger partial charge >= 0.3 is 0 Å². The minimum atomic E-state index is 0.608. The van der Waals surface area contributed by atoms with E-state index < -0.39 is 0 Å². The molecule has 1 aromatic heterocycles. The fourth-order valence-electron chi connectivity index (χ4n) is 10.7. The standard InChI is InChI=1S/C52H44O/c1-3-16-33(17-4-1)48-36-20-7-9-22-38(36)50(39-23-10-8-21-37(39)48)35-30-31-47-46(32-35)44-28-15-29-45(52(44)53-47)51-42-26-13-11-24-40(42)49(34-18-5-2-6-19-34)41-25-12-14-27-43(41)51/h7-15,20-34H,1-6,16-19H2. The Hall–Kier alpha value is -5.40. The van der Waals surface area contributed by atoms with Crippen molar-refractivity contribution in [3.63, 3.8) is 0 Å². The summed E-state index contributed by atoms with van der Waals surface area (Å²) in [5.41, 5.74) is 10.1. The third kappa shape index (κ3) is 4.90. The number of para-hydroxylation sites is 1. The van der Waals surface area contributed by atoms with Crippen molar-refractivity contribution in [2.24, 2.45) is 0 Å². The second-order valence-corrected chi connectivity index (χ2v) is 15.9. The highest BCUT2D eigenvalue weighted by Gasteiger charge is 2.26. The highest BCUT2D eigenvalue weighted by molar-refractivity contribution is 6.21. The summed E-state index contributed by atoms with van der Waals surface area (Å²) in [6.07, 6.45) is 13.2. The normalized spacial score (nSPS) is 16.2. The summed E-state index contributed by atoms with van der Waals surface area (Å²) in [6.45, 7) is 0. The summed E-state index contributed by atoms with van der Waals surface area (Å²) in [7, 11) is 0. The molecule has 11 rings (SSSR count). The van der Waals surface area contributed by atoms with Crippen LogP contribution in [0.5, 0.6) is 0 Å². The molecule has 0 saturated heterocycles. The summed E-state index contributed by atoms with van der Waals surface area (Å²) in [6, 6.07) is 50.4. The van der Waals surface area contributed by atoms with Crippen LogP contribution in [0.2, 0.25) is 0 Å². The molecule has 1 heteroatoms. The lowest BCUT2D eigenvalue weighted by Gasteiger charge is -2.26. The summed E-state index contributed by atoms with van der Waals surface area (Å²) in [5.74, 6) is 1.23.